The first-order chi connectivity index (χ1) is 10.8. The second-order valence-electron chi connectivity index (χ2n) is 6.99. The molecular weight excluding hydrogens is 310 g/mol. The first-order valence-corrected chi connectivity index (χ1v) is 8.78. The van der Waals surface area contributed by atoms with E-state index in [-0.39, 0.29) is 18.0 Å². The summed E-state index contributed by atoms with van der Waals surface area (Å²) >= 11 is 6.09. The van der Waals surface area contributed by atoms with E-state index in [9.17, 15) is 4.79 Å². The van der Waals surface area contributed by atoms with Crippen LogP contribution in [-0.4, -0.2) is 41.5 Å². The second-order valence-corrected chi connectivity index (χ2v) is 7.43. The largest absolute Gasteiger partial charge is 0.353 e. The van der Waals surface area contributed by atoms with E-state index in [2.05, 4.69) is 35.4 Å². The van der Waals surface area contributed by atoms with Gasteiger partial charge < -0.3 is 10.6 Å². The van der Waals surface area contributed by atoms with Crippen LogP contribution in [0.25, 0.3) is 0 Å². The van der Waals surface area contributed by atoms with Crippen LogP contribution in [0.15, 0.2) is 24.3 Å². The van der Waals surface area contributed by atoms with E-state index >= 15 is 0 Å². The number of nitrogens with zero attached hydrogens (tertiary/aromatic N) is 1. The van der Waals surface area contributed by atoms with Crippen molar-refractivity contribution in [1.29, 1.82) is 0 Å². The lowest BCUT2D eigenvalue weighted by Gasteiger charge is -2.24. The predicted octanol–water partition coefficient (Wildman–Crippen LogP) is 2.81. The normalized spacial score (nSPS) is 22.0. The molecule has 2 atom stereocenters. The van der Waals surface area contributed by atoms with Crippen LogP contribution in [0.1, 0.15) is 39.7 Å². The summed E-state index contributed by atoms with van der Waals surface area (Å²) < 4.78 is 0. The molecule has 1 heterocycles. The summed E-state index contributed by atoms with van der Waals surface area (Å²) in [5, 5.41) is 7.35. The topological polar surface area (TPSA) is 44.4 Å². The van der Waals surface area contributed by atoms with E-state index < -0.39 is 0 Å². The van der Waals surface area contributed by atoms with E-state index in [0.29, 0.717) is 12.1 Å². The molecule has 2 rings (SSSR count). The molecule has 1 saturated heterocycles. The number of hydrogen-bond acceptors (Lipinski definition) is 3. The number of carbonyl (C=O) groups is 1. The second kappa shape index (κ2) is 8.13. The maximum absolute atomic E-state index is 12.5. The first kappa shape index (κ1) is 18.2. The molecule has 0 spiro atoms. The fourth-order valence-electron chi connectivity index (χ4n) is 3.19. The monoisotopic (exact) mass is 337 g/mol. The van der Waals surface area contributed by atoms with Crippen LogP contribution in [-0.2, 0) is 11.3 Å². The van der Waals surface area contributed by atoms with Gasteiger partial charge in [0.25, 0.3) is 0 Å². The van der Waals surface area contributed by atoms with Gasteiger partial charge in [0.2, 0.25) is 5.91 Å². The Morgan fingerprint density at radius 1 is 1.30 bits per heavy atom. The zero-order valence-corrected chi connectivity index (χ0v) is 15.2. The molecule has 0 saturated carbocycles. The lowest BCUT2D eigenvalue weighted by atomic mass is 10.1. The van der Waals surface area contributed by atoms with Crippen molar-refractivity contribution >= 4 is 17.5 Å². The van der Waals surface area contributed by atoms with E-state index in [4.69, 9.17) is 11.6 Å². The minimum atomic E-state index is -0.0902. The average molecular weight is 338 g/mol. The van der Waals surface area contributed by atoms with Crippen LogP contribution in [0, 0.1) is 0 Å². The van der Waals surface area contributed by atoms with Crippen molar-refractivity contribution in [2.75, 3.05) is 6.54 Å². The van der Waals surface area contributed by atoms with Crippen molar-refractivity contribution in [3.8, 4) is 0 Å². The van der Waals surface area contributed by atoms with Gasteiger partial charge >= 0.3 is 0 Å². The summed E-state index contributed by atoms with van der Waals surface area (Å²) in [5.41, 5.74) is 1.14. The molecule has 1 aromatic carbocycles. The predicted molar refractivity (Wildman–Crippen MR) is 95.6 cm³/mol. The molecule has 1 aromatic rings. The third-order valence-electron chi connectivity index (χ3n) is 3.98. The Bertz CT molecular complexity index is 533. The van der Waals surface area contributed by atoms with Crippen LogP contribution in [0.2, 0.25) is 5.02 Å². The maximum atomic E-state index is 12.5. The van der Waals surface area contributed by atoms with Gasteiger partial charge in [-0.15, -0.1) is 0 Å². The van der Waals surface area contributed by atoms with E-state index in [1.165, 1.54) is 0 Å². The van der Waals surface area contributed by atoms with Crippen molar-refractivity contribution in [2.45, 2.75) is 64.8 Å². The number of benzene rings is 1. The van der Waals surface area contributed by atoms with Gasteiger partial charge in [-0.25, -0.2) is 0 Å². The maximum Gasteiger partial charge on any atom is 0.237 e. The molecule has 128 valence electrons. The Balaban J connectivity index is 2.10. The Hall–Kier alpha value is -1.10. The SMILES string of the molecule is CC(C)NC(=O)[C@@H]1C[C@H](NC(C)C)CN1Cc1cccc(Cl)c1. The van der Waals surface area contributed by atoms with Gasteiger partial charge in [-0.05, 0) is 38.0 Å². The molecule has 1 aliphatic rings. The lowest BCUT2D eigenvalue weighted by Crippen LogP contribution is -2.45. The molecule has 1 aliphatic heterocycles. The van der Waals surface area contributed by atoms with Gasteiger partial charge in [0.1, 0.15) is 0 Å². The van der Waals surface area contributed by atoms with Crippen molar-refractivity contribution in [3.63, 3.8) is 0 Å². The summed E-state index contributed by atoms with van der Waals surface area (Å²) in [7, 11) is 0. The van der Waals surface area contributed by atoms with Crippen molar-refractivity contribution in [1.82, 2.24) is 15.5 Å². The molecule has 0 bridgehead atoms. The van der Waals surface area contributed by atoms with Gasteiger partial charge in [-0.3, -0.25) is 9.69 Å². The number of nitrogens with one attached hydrogen (secondary N) is 2. The van der Waals surface area contributed by atoms with Crippen LogP contribution < -0.4 is 10.6 Å². The van der Waals surface area contributed by atoms with Gasteiger partial charge in [-0.1, -0.05) is 37.6 Å². The number of amides is 1. The molecule has 0 aliphatic carbocycles. The molecule has 0 unspecified atom stereocenters. The van der Waals surface area contributed by atoms with Crippen LogP contribution >= 0.6 is 11.6 Å². The highest BCUT2D eigenvalue weighted by Gasteiger charge is 2.36. The van der Waals surface area contributed by atoms with Gasteiger partial charge in [0.15, 0.2) is 0 Å². The fraction of sp³-hybridized carbons (Fsp3) is 0.611. The van der Waals surface area contributed by atoms with E-state index in [1.807, 2.05) is 32.0 Å². The van der Waals surface area contributed by atoms with E-state index in [1.54, 1.807) is 0 Å². The standard InChI is InChI=1S/C18H28ClN3O/c1-12(2)20-16-9-17(18(23)21-13(3)4)22(11-16)10-14-6-5-7-15(19)8-14/h5-8,12-13,16-17,20H,9-11H2,1-4H3,(H,21,23)/t16-,17-/m0/s1. The Morgan fingerprint density at radius 2 is 2.04 bits per heavy atom. The minimum absolute atomic E-state index is 0.0902. The third kappa shape index (κ3) is 5.48. The summed E-state index contributed by atoms with van der Waals surface area (Å²) in [4.78, 5) is 14.8. The highest BCUT2D eigenvalue weighted by Crippen LogP contribution is 2.22. The van der Waals surface area contributed by atoms with Gasteiger partial charge in [-0.2, -0.15) is 0 Å². The summed E-state index contributed by atoms with van der Waals surface area (Å²) in [6, 6.07) is 8.70. The zero-order valence-electron chi connectivity index (χ0n) is 14.5. The highest BCUT2D eigenvalue weighted by molar-refractivity contribution is 6.30. The van der Waals surface area contributed by atoms with Crippen LogP contribution in [0.5, 0.6) is 0 Å². The van der Waals surface area contributed by atoms with Crippen molar-refractivity contribution < 1.29 is 4.79 Å². The summed E-state index contributed by atoms with van der Waals surface area (Å²) in [5.74, 6) is 0.120. The lowest BCUT2D eigenvalue weighted by molar-refractivity contribution is -0.126. The van der Waals surface area contributed by atoms with Crippen molar-refractivity contribution in [2.24, 2.45) is 0 Å². The average Bonchev–Trinajstić information content (AvgIpc) is 2.79. The highest BCUT2D eigenvalue weighted by atomic mass is 35.5. The van der Waals surface area contributed by atoms with Crippen LogP contribution in [0.4, 0.5) is 0 Å². The van der Waals surface area contributed by atoms with Crippen LogP contribution in [0.3, 0.4) is 0 Å². The molecule has 5 heteroatoms. The quantitative estimate of drug-likeness (QED) is 0.839. The van der Waals surface area contributed by atoms with Gasteiger partial charge in [0.05, 0.1) is 6.04 Å². The Kier molecular flexibility index (Phi) is 6.45. The van der Waals surface area contributed by atoms with Gasteiger partial charge in [0, 0.05) is 36.2 Å². The molecule has 1 amide bonds. The first-order valence-electron chi connectivity index (χ1n) is 8.40. The molecule has 0 aromatic heterocycles. The number of rotatable bonds is 6. The molecule has 1 fully saturated rings. The number of likely N-dealkylation sites (tertiary alicyclic amines) is 1. The number of hydrogen-bond donors (Lipinski definition) is 2. The fourth-order valence-corrected chi connectivity index (χ4v) is 3.41. The Labute approximate surface area is 144 Å². The van der Waals surface area contributed by atoms with E-state index in [0.717, 1.165) is 30.1 Å². The Morgan fingerprint density at radius 3 is 2.65 bits per heavy atom. The molecule has 0 radical (unpaired) electrons. The molecule has 2 N–H and O–H groups in total. The summed E-state index contributed by atoms with van der Waals surface area (Å²) in [6.45, 7) is 9.90. The zero-order chi connectivity index (χ0) is 17.0. The molecular formula is C18H28ClN3O. The minimum Gasteiger partial charge on any atom is -0.353 e. The number of halogens is 1. The van der Waals surface area contributed by atoms with Crippen molar-refractivity contribution in [3.05, 3.63) is 34.9 Å². The summed E-state index contributed by atoms with van der Waals surface area (Å²) in [6.07, 6.45) is 0.845. The smallest absolute Gasteiger partial charge is 0.237 e. The third-order valence-corrected chi connectivity index (χ3v) is 4.22. The number of carbonyl (C=O) groups excluding carboxylic acids is 1. The molecule has 4 nitrogen and oxygen atoms in total. The molecule has 23 heavy (non-hydrogen) atoms.